The van der Waals surface area contributed by atoms with Gasteiger partial charge in [-0.3, -0.25) is 93.6 Å². The molecule has 4 aromatic heterocycles. The minimum absolute atomic E-state index is 0.0177. The summed E-state index contributed by atoms with van der Waals surface area (Å²) in [6.07, 6.45) is -12.4. The molecule has 4 saturated heterocycles. The predicted molar refractivity (Wildman–Crippen MR) is 394 cm³/mol. The third kappa shape index (κ3) is 28.3. The average molecular weight is 1780 g/mol. The van der Waals surface area contributed by atoms with Crippen LogP contribution < -0.4 is 39.4 Å². The molecule has 0 aromatic carbocycles. The van der Waals surface area contributed by atoms with Gasteiger partial charge in [0.2, 0.25) is 0 Å². The molecule has 56 heteroatoms. The van der Waals surface area contributed by atoms with Crippen LogP contribution in [0.4, 0.5) is 0 Å². The zero-order valence-electron chi connectivity index (χ0n) is 61.5. The summed E-state index contributed by atoms with van der Waals surface area (Å²) in [7, 11) is -13.7. The standard InChI is InChI=1S/C15H26N3O10PS.2C14H24N3O9PS.C14H23N2O9PS/c1-7(19)11(21)8(16)5-26-29(24,25)27-6-9-12(22)15(2,23)13(28-9)18-4-3-10(20)17-14(18)30;2*1-14(20)11(19)9(7-25-27(21,22)24-6-8(15)5-23-2)26-12(14)17-4-3-10(18)16-13(17)28;1-14(19)11(18)9(8-24-26(20,21)23-7-3-6-22-2)25-12(14)16-5-4-10(17)15-13(16)27/h3-4,7-9,11-13,19,21-23H,5-6,16H2,1-2H3,(H,24,25)(H,17,20,30);2*3-4,8-9,11-12,19-20H,5-7,15H2,1-2H3,(H,21,22)(H,16,18,28);4-5,9,11-12,18-19H,3,6-8H2,1-2H3,(H,20,21)(H,15,17,27)/t7-,8?,9-,11-,12+,13-,15?;8-,9+,11-,12+,14?;8-,9-,11+,12-,14?;9-,11+,12-,14?/m1011/s1. The first kappa shape index (κ1) is 99.6. The molecule has 0 aliphatic carbocycles. The molecule has 646 valence electrons. The van der Waals surface area contributed by atoms with Crippen molar-refractivity contribution in [3.8, 4) is 0 Å². The van der Waals surface area contributed by atoms with Crippen molar-refractivity contribution < 1.29 is 158 Å². The van der Waals surface area contributed by atoms with E-state index >= 15 is 0 Å². The number of hydrogen-bond acceptors (Lipinski definition) is 40. The summed E-state index contributed by atoms with van der Waals surface area (Å²) in [5.41, 5.74) is 7.64. The van der Waals surface area contributed by atoms with Crippen molar-refractivity contribution in [2.75, 3.05) is 94.0 Å². The van der Waals surface area contributed by atoms with E-state index in [1.54, 1.807) is 0 Å². The van der Waals surface area contributed by atoms with Crippen LogP contribution in [-0.2, 0) is 87.6 Å². The summed E-state index contributed by atoms with van der Waals surface area (Å²) >= 11 is 20.1. The van der Waals surface area contributed by atoms with Gasteiger partial charge in [-0.2, -0.15) is 0 Å². The van der Waals surface area contributed by atoms with Crippen LogP contribution in [-0.4, -0.2) is 304 Å². The van der Waals surface area contributed by atoms with Gasteiger partial charge in [-0.25, -0.2) is 18.3 Å². The first-order valence-electron chi connectivity index (χ1n) is 33.4. The summed E-state index contributed by atoms with van der Waals surface area (Å²) < 4.78 is 128. The van der Waals surface area contributed by atoms with Crippen LogP contribution in [0.5, 0.6) is 0 Å². The van der Waals surface area contributed by atoms with E-state index in [4.69, 9.17) is 131 Å². The molecule has 0 amide bonds. The van der Waals surface area contributed by atoms with Gasteiger partial charge in [0.15, 0.2) is 44.0 Å². The molecule has 0 spiro atoms. The molecule has 8 rings (SSSR count). The Morgan fingerprint density at radius 2 is 0.681 bits per heavy atom. The zero-order valence-corrected chi connectivity index (χ0v) is 68.4. The van der Waals surface area contributed by atoms with Crippen molar-refractivity contribution in [2.24, 2.45) is 17.2 Å². The molecule has 4 aromatic rings. The number of nitrogens with two attached hydrogens (primary N) is 3. The molecule has 9 unspecified atom stereocenters. The van der Waals surface area contributed by atoms with E-state index in [0.717, 1.165) is 6.07 Å². The molecule has 8 heterocycles. The molecule has 48 nitrogen and oxygen atoms in total. The van der Waals surface area contributed by atoms with E-state index in [1.165, 1.54) is 117 Å². The Hall–Kier alpha value is -3.96. The topological polar surface area (TPSA) is 719 Å². The smallest absolute Gasteiger partial charge is 0.391 e. The Balaban J connectivity index is 0.000000269. The van der Waals surface area contributed by atoms with E-state index < -0.39 is 213 Å². The number of phosphoric ester groups is 4. The lowest BCUT2D eigenvalue weighted by Crippen LogP contribution is -2.45. The Morgan fingerprint density at radius 1 is 0.434 bits per heavy atom. The fourth-order valence-corrected chi connectivity index (χ4v) is 14.9. The first-order valence-corrected chi connectivity index (χ1v) is 41.0. The van der Waals surface area contributed by atoms with E-state index in [-0.39, 0.29) is 52.1 Å². The third-order valence-corrected chi connectivity index (χ3v) is 21.9. The number of methoxy groups -OCH3 is 3. The normalized spacial score (nSPS) is 31.0. The van der Waals surface area contributed by atoms with Crippen LogP contribution in [0, 0.1) is 19.1 Å². The maximum absolute atomic E-state index is 12.0. The molecule has 0 radical (unpaired) electrons. The Labute approximate surface area is 661 Å². The van der Waals surface area contributed by atoms with Crippen LogP contribution in [0.15, 0.2) is 68.2 Å². The maximum Gasteiger partial charge on any atom is 0.472 e. The quantitative estimate of drug-likeness (QED) is 0.0118. The number of hydrogen-bond donors (Lipinski definition) is 21. The largest absolute Gasteiger partial charge is 0.472 e. The third-order valence-electron chi connectivity index (χ3n) is 16.8. The van der Waals surface area contributed by atoms with Gasteiger partial charge in [-0.15, -0.1) is 0 Å². The fraction of sp³-hybridized carbons (Fsp3) is 0.719. The first-order chi connectivity index (χ1) is 52.3. The highest BCUT2D eigenvalue weighted by molar-refractivity contribution is 7.71. The van der Waals surface area contributed by atoms with Gasteiger partial charge in [0.1, 0.15) is 71.2 Å². The summed E-state index contributed by atoms with van der Waals surface area (Å²) in [5.74, 6) is 0. The number of rotatable bonds is 36. The van der Waals surface area contributed by atoms with E-state index in [9.17, 15) is 108 Å². The van der Waals surface area contributed by atoms with Gasteiger partial charge in [0.05, 0.1) is 96.4 Å². The van der Waals surface area contributed by atoms with E-state index in [2.05, 4.69) is 24.5 Å². The van der Waals surface area contributed by atoms with Gasteiger partial charge in [0, 0.05) is 77.0 Å². The molecule has 4 aliphatic rings. The number of H-pyrrole nitrogens is 4. The molecule has 25 atom stereocenters. The molecule has 113 heavy (non-hydrogen) atoms. The number of aromatic nitrogens is 8. The Kier molecular flexibility index (Phi) is 37.7. The second-order valence-corrected chi connectivity index (χ2v) is 33.7. The fourth-order valence-electron chi connectivity index (χ4n) is 10.7. The molecular formula is C57H97N11O37P4S4. The summed E-state index contributed by atoms with van der Waals surface area (Å²) in [6, 6.07) is 2.25. The van der Waals surface area contributed by atoms with Gasteiger partial charge in [0.25, 0.3) is 22.2 Å². The molecule has 4 aliphatic heterocycles. The number of aliphatic hydroxyl groups is 10. The minimum Gasteiger partial charge on any atom is -0.391 e. The number of nitrogens with one attached hydrogen (secondary N) is 4. The lowest BCUT2D eigenvalue weighted by Gasteiger charge is -2.28. The van der Waals surface area contributed by atoms with Gasteiger partial charge in [-0.05, 0) is 89.9 Å². The van der Waals surface area contributed by atoms with Gasteiger partial charge >= 0.3 is 31.3 Å². The van der Waals surface area contributed by atoms with Crippen molar-refractivity contribution in [3.63, 3.8) is 0 Å². The molecular weight excluding hydrogens is 1680 g/mol. The average Bonchev–Trinajstić information content (AvgIpc) is 1.64. The van der Waals surface area contributed by atoms with Crippen LogP contribution >= 0.6 is 80.2 Å². The van der Waals surface area contributed by atoms with E-state index in [1.807, 2.05) is 0 Å². The monoisotopic (exact) mass is 1780 g/mol. The van der Waals surface area contributed by atoms with Crippen molar-refractivity contribution in [1.82, 2.24) is 38.2 Å². The highest BCUT2D eigenvalue weighted by atomic mass is 32.1. The van der Waals surface area contributed by atoms with Crippen LogP contribution in [0.1, 0.15) is 66.0 Å². The number of aromatic amines is 4. The Bertz CT molecular complexity index is 4300. The van der Waals surface area contributed by atoms with Gasteiger partial charge < -0.3 is 121 Å². The molecule has 24 N–H and O–H groups in total. The molecule has 0 bridgehead atoms. The van der Waals surface area contributed by atoms with Crippen molar-refractivity contribution in [1.29, 1.82) is 0 Å². The summed E-state index contributed by atoms with van der Waals surface area (Å²) in [4.78, 5) is 93.6. The van der Waals surface area contributed by atoms with Crippen LogP contribution in [0.2, 0.25) is 0 Å². The summed E-state index contributed by atoms with van der Waals surface area (Å²) in [5, 5.41) is 103. The van der Waals surface area contributed by atoms with Crippen LogP contribution in [0.3, 0.4) is 0 Å². The second-order valence-electron chi connectivity index (χ2n) is 26.3. The molecule has 0 saturated carbocycles. The SMILES string of the molecule is COCCCOP(=O)(O)OC[C@H]1O[C@@H](n2ccc(=O)[nH]c2=S)C(C)(O)[C@H]1O.COC[C@@H](N)COP(=O)(O)OC[C@H]1O[C@@H](n2ccc(=O)[nH]c2=S)C(C)(O)[C@H]1O.COC[C@H](N)COP(=O)(O)OC[C@H]1O[C@@H](n2ccc(=O)[nH]c2=S)C(C)(O)[C@H]1O.C[C@@H](O)[C@@H](O)C(N)COP(=O)(O)OC[C@H]1O[C@@H](n2ccc(=O)[nH]c2=S)C(C)(O)[C@H]1O. The lowest BCUT2D eigenvalue weighted by atomic mass is 9.96. The zero-order chi connectivity index (χ0) is 85.3. The predicted octanol–water partition coefficient (Wildman–Crippen LogP) is -3.75. The van der Waals surface area contributed by atoms with E-state index in [0.29, 0.717) is 13.0 Å². The number of nitrogens with zero attached hydrogens (tertiary/aromatic N) is 4. The maximum atomic E-state index is 12.0. The number of ether oxygens (including phenoxy) is 7. The second kappa shape index (κ2) is 42.8. The van der Waals surface area contributed by atoms with Gasteiger partial charge in [-0.1, -0.05) is 0 Å². The lowest BCUT2D eigenvalue weighted by molar-refractivity contribution is -0.0979. The Morgan fingerprint density at radius 3 is 0.912 bits per heavy atom. The van der Waals surface area contributed by atoms with Crippen molar-refractivity contribution in [2.45, 2.75) is 168 Å². The highest BCUT2D eigenvalue weighted by Crippen LogP contribution is 2.50. The van der Waals surface area contributed by atoms with Crippen molar-refractivity contribution in [3.05, 3.63) is 110 Å². The minimum atomic E-state index is -4.67. The molecule has 4 fully saturated rings. The highest BCUT2D eigenvalue weighted by Gasteiger charge is 2.57. The summed E-state index contributed by atoms with van der Waals surface area (Å²) in [6.45, 7) is 3.56. The number of phosphoric acid groups is 4. The number of aliphatic hydroxyl groups excluding tert-OH is 6. The van der Waals surface area contributed by atoms with Crippen LogP contribution in [0.25, 0.3) is 0 Å². The van der Waals surface area contributed by atoms with Crippen molar-refractivity contribution >= 4 is 80.2 Å².